The first-order valence-corrected chi connectivity index (χ1v) is 10.2. The van der Waals surface area contributed by atoms with Gasteiger partial charge in [0.2, 0.25) is 19.0 Å². The molecular formula is C23H23NO8. The van der Waals surface area contributed by atoms with Crippen molar-refractivity contribution in [3.8, 4) is 28.7 Å². The molecule has 9 heteroatoms. The maximum Gasteiger partial charge on any atom is 0.310 e. The van der Waals surface area contributed by atoms with Crippen LogP contribution in [0.2, 0.25) is 0 Å². The lowest BCUT2D eigenvalue weighted by Gasteiger charge is -2.39. The van der Waals surface area contributed by atoms with Crippen LogP contribution in [0.1, 0.15) is 28.7 Å². The van der Waals surface area contributed by atoms with Gasteiger partial charge in [-0.05, 0) is 41.0 Å². The summed E-state index contributed by atoms with van der Waals surface area (Å²) in [5.74, 6) is 1.19. The number of esters is 1. The fraction of sp³-hybridized carbons (Fsp3) is 0.391. The number of nitrogens with one attached hydrogen (secondary N) is 1. The first kappa shape index (κ1) is 20.3. The summed E-state index contributed by atoms with van der Waals surface area (Å²) in [5, 5.41) is 2.88. The Kier molecular flexibility index (Phi) is 4.96. The lowest BCUT2D eigenvalue weighted by Crippen LogP contribution is -2.40. The highest BCUT2D eigenvalue weighted by Gasteiger charge is 2.52. The molecule has 9 nitrogen and oxygen atoms in total. The van der Waals surface area contributed by atoms with Crippen molar-refractivity contribution >= 4 is 12.4 Å². The summed E-state index contributed by atoms with van der Waals surface area (Å²) in [4.78, 5) is 24.4. The van der Waals surface area contributed by atoms with Gasteiger partial charge in [-0.15, -0.1) is 0 Å². The van der Waals surface area contributed by atoms with Crippen molar-refractivity contribution in [2.45, 2.75) is 12.0 Å². The summed E-state index contributed by atoms with van der Waals surface area (Å²) in [6.07, 6.45) is 0.651. The molecule has 1 fully saturated rings. The molecule has 1 aliphatic carbocycles. The fourth-order valence-corrected chi connectivity index (χ4v) is 5.13. The highest BCUT2D eigenvalue weighted by atomic mass is 16.7. The van der Waals surface area contributed by atoms with Crippen LogP contribution in [-0.4, -0.2) is 47.1 Å². The van der Waals surface area contributed by atoms with E-state index >= 15 is 0 Å². The predicted molar refractivity (Wildman–Crippen MR) is 110 cm³/mol. The van der Waals surface area contributed by atoms with Crippen molar-refractivity contribution in [2.24, 2.45) is 11.8 Å². The van der Waals surface area contributed by atoms with Crippen molar-refractivity contribution in [2.75, 3.05) is 34.7 Å². The minimum Gasteiger partial charge on any atom is -0.493 e. The molecule has 0 saturated carbocycles. The van der Waals surface area contributed by atoms with E-state index in [2.05, 4.69) is 5.32 Å². The van der Waals surface area contributed by atoms with Gasteiger partial charge in [-0.2, -0.15) is 0 Å². The number of benzene rings is 2. The van der Waals surface area contributed by atoms with E-state index in [4.69, 9.17) is 28.4 Å². The third-order valence-electron chi connectivity index (χ3n) is 6.48. The second-order valence-electron chi connectivity index (χ2n) is 7.85. The van der Waals surface area contributed by atoms with Crippen LogP contribution in [0.4, 0.5) is 0 Å². The quantitative estimate of drug-likeness (QED) is 0.538. The third-order valence-corrected chi connectivity index (χ3v) is 6.48. The van der Waals surface area contributed by atoms with Crippen LogP contribution in [0.25, 0.3) is 0 Å². The summed E-state index contributed by atoms with van der Waals surface area (Å²) in [6.45, 7) is 0.331. The molecule has 1 saturated heterocycles. The Balaban J connectivity index is 1.75. The van der Waals surface area contributed by atoms with Crippen LogP contribution in [0.3, 0.4) is 0 Å². The summed E-state index contributed by atoms with van der Waals surface area (Å²) < 4.78 is 33.2. The van der Waals surface area contributed by atoms with Crippen LogP contribution in [0, 0.1) is 11.8 Å². The number of carbonyl (C=O) groups is 2. The van der Waals surface area contributed by atoms with E-state index in [0.717, 1.165) is 16.7 Å². The van der Waals surface area contributed by atoms with E-state index in [0.29, 0.717) is 35.2 Å². The molecule has 2 aromatic rings. The minimum atomic E-state index is -0.511. The van der Waals surface area contributed by atoms with Gasteiger partial charge < -0.3 is 33.7 Å². The SMILES string of the molecule is COc1cc([C@@H]2c3cc4c(cc3[C@H](NC=O)[C@H]3COC(=O)[C@H]23)OCO4)cc(OC)c1OC. The van der Waals surface area contributed by atoms with Gasteiger partial charge in [-0.1, -0.05) is 0 Å². The van der Waals surface area contributed by atoms with Gasteiger partial charge in [0.15, 0.2) is 23.0 Å². The van der Waals surface area contributed by atoms with Gasteiger partial charge in [0.1, 0.15) is 0 Å². The lowest BCUT2D eigenvalue weighted by molar-refractivity contribution is -0.141. The van der Waals surface area contributed by atoms with Gasteiger partial charge in [-0.25, -0.2) is 0 Å². The van der Waals surface area contributed by atoms with E-state index in [1.165, 1.54) is 7.11 Å². The van der Waals surface area contributed by atoms with E-state index in [9.17, 15) is 9.59 Å². The molecule has 2 aromatic carbocycles. The number of ether oxygens (including phenoxy) is 6. The maximum absolute atomic E-state index is 12.9. The Labute approximate surface area is 184 Å². The molecule has 2 aliphatic heterocycles. The topological polar surface area (TPSA) is 102 Å². The van der Waals surface area contributed by atoms with E-state index in [1.807, 2.05) is 24.3 Å². The zero-order valence-electron chi connectivity index (χ0n) is 17.9. The van der Waals surface area contributed by atoms with Gasteiger partial charge >= 0.3 is 5.97 Å². The molecule has 5 rings (SSSR count). The predicted octanol–water partition coefficient (Wildman–Crippen LogP) is 2.16. The number of amides is 1. The van der Waals surface area contributed by atoms with Crippen molar-refractivity contribution in [1.29, 1.82) is 0 Å². The number of rotatable bonds is 6. The first-order chi connectivity index (χ1) is 15.6. The zero-order chi connectivity index (χ0) is 22.4. The van der Waals surface area contributed by atoms with Gasteiger partial charge in [0.05, 0.1) is 39.9 Å². The first-order valence-electron chi connectivity index (χ1n) is 10.2. The number of fused-ring (bicyclic) bond motifs is 3. The molecule has 0 bridgehead atoms. The molecule has 0 aromatic heterocycles. The maximum atomic E-state index is 12.9. The van der Waals surface area contributed by atoms with Crippen molar-refractivity contribution in [3.63, 3.8) is 0 Å². The molecule has 168 valence electrons. The number of hydrogen-bond donors (Lipinski definition) is 1. The summed E-state index contributed by atoms with van der Waals surface area (Å²) >= 11 is 0. The molecule has 3 aliphatic rings. The summed E-state index contributed by atoms with van der Waals surface area (Å²) in [5.41, 5.74) is 2.51. The monoisotopic (exact) mass is 441 g/mol. The van der Waals surface area contributed by atoms with Crippen molar-refractivity contribution in [1.82, 2.24) is 5.32 Å². The van der Waals surface area contributed by atoms with Gasteiger partial charge in [0.25, 0.3) is 0 Å². The van der Waals surface area contributed by atoms with Crippen LogP contribution in [0.15, 0.2) is 24.3 Å². The van der Waals surface area contributed by atoms with E-state index in [-0.39, 0.29) is 31.2 Å². The highest BCUT2D eigenvalue weighted by Crippen LogP contribution is 2.55. The Hall–Kier alpha value is -3.62. The largest absolute Gasteiger partial charge is 0.493 e. The average molecular weight is 441 g/mol. The molecule has 0 unspecified atom stereocenters. The van der Waals surface area contributed by atoms with Crippen LogP contribution >= 0.6 is 0 Å². The average Bonchev–Trinajstić information content (AvgIpc) is 3.43. The highest BCUT2D eigenvalue weighted by molar-refractivity contribution is 5.79. The Bertz CT molecular complexity index is 1060. The molecule has 4 atom stereocenters. The van der Waals surface area contributed by atoms with Gasteiger partial charge in [-0.3, -0.25) is 9.59 Å². The zero-order valence-corrected chi connectivity index (χ0v) is 17.9. The fourth-order valence-electron chi connectivity index (χ4n) is 5.13. The second kappa shape index (κ2) is 7.81. The normalized spacial score (nSPS) is 24.8. The van der Waals surface area contributed by atoms with Crippen molar-refractivity contribution < 1.29 is 38.0 Å². The van der Waals surface area contributed by atoms with Crippen LogP contribution < -0.4 is 29.0 Å². The number of carbonyl (C=O) groups excluding carboxylic acids is 2. The third kappa shape index (κ3) is 2.91. The van der Waals surface area contributed by atoms with Gasteiger partial charge in [0, 0.05) is 11.8 Å². The number of methoxy groups -OCH3 is 3. The summed E-state index contributed by atoms with van der Waals surface area (Å²) in [6, 6.07) is 7.05. The van der Waals surface area contributed by atoms with Crippen LogP contribution in [0.5, 0.6) is 28.7 Å². The molecule has 1 amide bonds. The summed E-state index contributed by atoms with van der Waals surface area (Å²) in [7, 11) is 4.63. The molecule has 2 heterocycles. The molecular weight excluding hydrogens is 418 g/mol. The molecule has 0 spiro atoms. The Morgan fingerprint density at radius 1 is 0.938 bits per heavy atom. The molecule has 0 radical (unpaired) electrons. The Morgan fingerprint density at radius 2 is 1.59 bits per heavy atom. The number of cyclic esters (lactones) is 1. The van der Waals surface area contributed by atoms with Crippen LogP contribution in [-0.2, 0) is 14.3 Å². The lowest BCUT2D eigenvalue weighted by atomic mass is 9.65. The number of hydrogen-bond acceptors (Lipinski definition) is 8. The molecule has 32 heavy (non-hydrogen) atoms. The van der Waals surface area contributed by atoms with Crippen molar-refractivity contribution in [3.05, 3.63) is 41.0 Å². The molecule has 1 N–H and O–H groups in total. The Morgan fingerprint density at radius 3 is 2.19 bits per heavy atom. The van der Waals surface area contributed by atoms with E-state index in [1.54, 1.807) is 14.2 Å². The minimum absolute atomic E-state index is 0.119. The standard InChI is InChI=1S/C23H23NO8/c1-27-17-4-11(5-18(28-2)22(17)29-3)19-12-6-15-16(32-10-31-15)7-13(12)21(24-9-25)14-8-30-23(26)20(14)19/h4-7,9,14,19-21H,8,10H2,1-3H3,(H,24,25)/t14-,19+,20-,21-/m0/s1. The van der Waals surface area contributed by atoms with E-state index < -0.39 is 12.0 Å². The smallest absolute Gasteiger partial charge is 0.310 e. The second-order valence-corrected chi connectivity index (χ2v) is 7.85.